The highest BCUT2D eigenvalue weighted by atomic mass is 16.6. The zero-order valence-electron chi connectivity index (χ0n) is 17.2. The highest BCUT2D eigenvalue weighted by Crippen LogP contribution is 2.42. The predicted molar refractivity (Wildman–Crippen MR) is 113 cm³/mol. The predicted octanol–water partition coefficient (Wildman–Crippen LogP) is 5.79. The van der Waals surface area contributed by atoms with Crippen LogP contribution in [0.3, 0.4) is 0 Å². The van der Waals surface area contributed by atoms with Crippen LogP contribution in [0.2, 0.25) is 0 Å². The molecule has 1 saturated heterocycles. The Bertz CT molecular complexity index is 925. The molecule has 4 rings (SSSR count). The highest BCUT2D eigenvalue weighted by molar-refractivity contribution is 5.97. The van der Waals surface area contributed by atoms with Crippen LogP contribution in [0.5, 0.6) is 5.75 Å². The smallest absolute Gasteiger partial charge is 0.411 e. The molecule has 4 nitrogen and oxygen atoms in total. The lowest BCUT2D eigenvalue weighted by Crippen LogP contribution is -2.53. The molecule has 2 bridgehead atoms. The Hall–Kier alpha value is -2.49. The van der Waals surface area contributed by atoms with Gasteiger partial charge in [0.15, 0.2) is 0 Å². The van der Waals surface area contributed by atoms with Crippen LogP contribution in [-0.4, -0.2) is 35.8 Å². The van der Waals surface area contributed by atoms with Gasteiger partial charge in [-0.05, 0) is 68.9 Å². The zero-order valence-corrected chi connectivity index (χ0v) is 17.2. The van der Waals surface area contributed by atoms with Crippen LogP contribution in [0.1, 0.15) is 52.0 Å². The fourth-order valence-corrected chi connectivity index (χ4v) is 4.57. The van der Waals surface area contributed by atoms with Crippen molar-refractivity contribution in [1.82, 2.24) is 4.90 Å². The van der Waals surface area contributed by atoms with Crippen molar-refractivity contribution in [3.05, 3.63) is 48.0 Å². The van der Waals surface area contributed by atoms with Crippen LogP contribution in [0.25, 0.3) is 16.3 Å². The van der Waals surface area contributed by atoms with Crippen molar-refractivity contribution in [1.29, 1.82) is 0 Å². The van der Waals surface area contributed by atoms with Crippen molar-refractivity contribution in [3.63, 3.8) is 0 Å². The molecule has 4 heteroatoms. The Kier molecular flexibility index (Phi) is 4.82. The van der Waals surface area contributed by atoms with Gasteiger partial charge < -0.3 is 9.47 Å². The molecule has 28 heavy (non-hydrogen) atoms. The third-order valence-corrected chi connectivity index (χ3v) is 5.67. The quantitative estimate of drug-likeness (QED) is 0.662. The van der Waals surface area contributed by atoms with E-state index in [9.17, 15) is 4.79 Å². The van der Waals surface area contributed by atoms with E-state index in [-0.39, 0.29) is 18.2 Å². The number of carbonyl (C=O) groups is 1. The van der Waals surface area contributed by atoms with Gasteiger partial charge in [0.25, 0.3) is 0 Å². The summed E-state index contributed by atoms with van der Waals surface area (Å²) in [7, 11) is 1.73. The Morgan fingerprint density at radius 1 is 1.11 bits per heavy atom. The maximum absolute atomic E-state index is 12.9. The molecule has 2 atom stereocenters. The van der Waals surface area contributed by atoms with Gasteiger partial charge in [0.2, 0.25) is 0 Å². The number of amides is 1. The molecule has 0 aliphatic carbocycles. The molecule has 0 aromatic heterocycles. The average molecular weight is 380 g/mol. The molecule has 2 aliphatic rings. The van der Waals surface area contributed by atoms with Gasteiger partial charge in [-0.2, -0.15) is 0 Å². The lowest BCUT2D eigenvalue weighted by atomic mass is 9.81. The number of rotatable bonds is 2. The van der Waals surface area contributed by atoms with Crippen molar-refractivity contribution < 1.29 is 14.3 Å². The molecule has 1 amide bonds. The zero-order chi connectivity index (χ0) is 19.9. The molecule has 0 N–H and O–H groups in total. The van der Waals surface area contributed by atoms with E-state index >= 15 is 0 Å². The molecule has 2 heterocycles. The summed E-state index contributed by atoms with van der Waals surface area (Å²) in [5.41, 5.74) is 1.97. The fraction of sp³-hybridized carbons (Fsp3) is 0.458. The molecule has 0 spiro atoms. The largest absolute Gasteiger partial charge is 0.496 e. The SMILES string of the molecule is COc1ccc2ccccc2c1C1=CC2CCCC(C1)N2C(=O)OC(C)(C)C. The van der Waals surface area contributed by atoms with E-state index in [0.717, 1.165) is 31.4 Å². The van der Waals surface area contributed by atoms with Crippen molar-refractivity contribution in [2.24, 2.45) is 0 Å². The van der Waals surface area contributed by atoms with Crippen LogP contribution in [-0.2, 0) is 4.74 Å². The minimum absolute atomic E-state index is 0.0843. The summed E-state index contributed by atoms with van der Waals surface area (Å²) in [6.45, 7) is 5.77. The topological polar surface area (TPSA) is 38.8 Å². The Morgan fingerprint density at radius 3 is 2.61 bits per heavy atom. The Labute approximate surface area is 167 Å². The molecule has 2 aromatic rings. The number of ether oxygens (including phenoxy) is 2. The maximum Gasteiger partial charge on any atom is 0.411 e. The second-order valence-corrected chi connectivity index (χ2v) is 8.80. The fourth-order valence-electron chi connectivity index (χ4n) is 4.57. The third kappa shape index (κ3) is 3.48. The van der Waals surface area contributed by atoms with Gasteiger partial charge in [-0.3, -0.25) is 4.90 Å². The van der Waals surface area contributed by atoms with Crippen LogP contribution < -0.4 is 4.74 Å². The number of hydrogen-bond donors (Lipinski definition) is 0. The van der Waals surface area contributed by atoms with Gasteiger partial charge in [-0.15, -0.1) is 0 Å². The van der Waals surface area contributed by atoms with E-state index in [2.05, 4.69) is 42.5 Å². The van der Waals surface area contributed by atoms with Gasteiger partial charge >= 0.3 is 6.09 Å². The summed E-state index contributed by atoms with van der Waals surface area (Å²) in [5, 5.41) is 2.41. The van der Waals surface area contributed by atoms with E-state index in [1.807, 2.05) is 25.7 Å². The summed E-state index contributed by atoms with van der Waals surface area (Å²) in [4.78, 5) is 14.8. The minimum Gasteiger partial charge on any atom is -0.496 e. The number of piperidine rings is 1. The number of hydrogen-bond acceptors (Lipinski definition) is 3. The van der Waals surface area contributed by atoms with Gasteiger partial charge in [0.1, 0.15) is 11.4 Å². The van der Waals surface area contributed by atoms with Gasteiger partial charge in [-0.1, -0.05) is 36.4 Å². The lowest BCUT2D eigenvalue weighted by molar-refractivity contribution is 0.0000890. The van der Waals surface area contributed by atoms with E-state index in [0.29, 0.717) is 0 Å². The first-order chi connectivity index (χ1) is 13.4. The second kappa shape index (κ2) is 7.16. The second-order valence-electron chi connectivity index (χ2n) is 8.80. The first-order valence-corrected chi connectivity index (χ1v) is 10.2. The highest BCUT2D eigenvalue weighted by Gasteiger charge is 2.40. The van der Waals surface area contributed by atoms with Crippen LogP contribution >= 0.6 is 0 Å². The molecule has 2 aliphatic heterocycles. The number of benzene rings is 2. The molecule has 2 unspecified atom stereocenters. The normalized spacial score (nSPS) is 22.0. The molecule has 2 aromatic carbocycles. The number of methoxy groups -OCH3 is 1. The first kappa shape index (κ1) is 18.9. The number of carbonyl (C=O) groups excluding carboxylic acids is 1. The van der Waals surface area contributed by atoms with Crippen LogP contribution in [0.4, 0.5) is 4.79 Å². The van der Waals surface area contributed by atoms with Crippen molar-refractivity contribution in [2.75, 3.05) is 7.11 Å². The Morgan fingerprint density at radius 2 is 1.89 bits per heavy atom. The summed E-state index contributed by atoms with van der Waals surface area (Å²) in [6, 6.07) is 12.8. The van der Waals surface area contributed by atoms with Gasteiger partial charge in [0, 0.05) is 11.6 Å². The summed E-state index contributed by atoms with van der Waals surface area (Å²) >= 11 is 0. The standard InChI is InChI=1S/C24H29NO3/c1-24(2,3)28-23(26)25-18-9-7-10-19(25)15-17(14-18)22-20-11-6-5-8-16(20)12-13-21(22)27-4/h5-6,8,11-14,18-19H,7,9-10,15H2,1-4H3. The van der Waals surface area contributed by atoms with E-state index in [1.54, 1.807) is 7.11 Å². The Balaban J connectivity index is 1.76. The lowest BCUT2D eigenvalue weighted by Gasteiger charge is -2.45. The van der Waals surface area contributed by atoms with Gasteiger partial charge in [0.05, 0.1) is 13.2 Å². The molecule has 0 radical (unpaired) electrons. The van der Waals surface area contributed by atoms with E-state index in [1.165, 1.54) is 21.9 Å². The summed E-state index contributed by atoms with van der Waals surface area (Å²) in [6.07, 6.45) is 6.05. The summed E-state index contributed by atoms with van der Waals surface area (Å²) in [5.74, 6) is 0.897. The van der Waals surface area contributed by atoms with Crippen molar-refractivity contribution >= 4 is 22.4 Å². The third-order valence-electron chi connectivity index (χ3n) is 5.67. The molecular formula is C24H29NO3. The molecular weight excluding hydrogens is 350 g/mol. The number of fused-ring (bicyclic) bond motifs is 3. The minimum atomic E-state index is -0.478. The monoisotopic (exact) mass is 379 g/mol. The van der Waals surface area contributed by atoms with Crippen LogP contribution in [0, 0.1) is 0 Å². The van der Waals surface area contributed by atoms with E-state index in [4.69, 9.17) is 9.47 Å². The first-order valence-electron chi connectivity index (χ1n) is 10.2. The average Bonchev–Trinajstić information content (AvgIpc) is 2.64. The summed E-state index contributed by atoms with van der Waals surface area (Å²) < 4.78 is 11.4. The van der Waals surface area contributed by atoms with Crippen molar-refractivity contribution in [2.45, 2.75) is 64.1 Å². The van der Waals surface area contributed by atoms with Crippen molar-refractivity contribution in [3.8, 4) is 5.75 Å². The molecule has 0 saturated carbocycles. The van der Waals surface area contributed by atoms with Crippen LogP contribution in [0.15, 0.2) is 42.5 Å². The number of nitrogens with zero attached hydrogens (tertiary/aromatic N) is 1. The van der Waals surface area contributed by atoms with E-state index < -0.39 is 5.60 Å². The molecule has 148 valence electrons. The maximum atomic E-state index is 12.9. The molecule has 1 fully saturated rings. The van der Waals surface area contributed by atoms with Gasteiger partial charge in [-0.25, -0.2) is 4.79 Å².